The van der Waals surface area contributed by atoms with Gasteiger partial charge in [-0.1, -0.05) is 91.1 Å². The van der Waals surface area contributed by atoms with Crippen LogP contribution in [0.25, 0.3) is 44.2 Å². The van der Waals surface area contributed by atoms with Crippen molar-refractivity contribution in [3.05, 3.63) is 102 Å². The van der Waals surface area contributed by atoms with E-state index in [-0.39, 0.29) is 0 Å². The van der Waals surface area contributed by atoms with E-state index >= 15 is 0 Å². The first kappa shape index (κ1) is 16.0. The average Bonchev–Trinajstić information content (AvgIpc) is 2.74. The minimum Gasteiger partial charge on any atom is -0.456 e. The van der Waals surface area contributed by atoms with Gasteiger partial charge >= 0.3 is 0 Å². The predicted molar refractivity (Wildman–Crippen MR) is 115 cm³/mol. The van der Waals surface area contributed by atoms with Crippen LogP contribution in [-0.4, -0.2) is 0 Å². The molecule has 128 valence electrons. The molecule has 0 spiro atoms. The highest BCUT2D eigenvalue weighted by atomic mass is 32.1. The summed E-state index contributed by atoms with van der Waals surface area (Å²) in [6, 6.07) is 33.0. The van der Waals surface area contributed by atoms with Crippen LogP contribution < -0.4 is 0 Å². The van der Waals surface area contributed by atoms with E-state index in [1.54, 1.807) is 0 Å². The summed E-state index contributed by atoms with van der Waals surface area (Å²) in [5.74, 6) is 0. The summed E-state index contributed by atoms with van der Waals surface area (Å²) in [4.78, 5) is 0. The molecule has 1 aromatic heterocycles. The van der Waals surface area contributed by atoms with Gasteiger partial charge in [-0.2, -0.15) is 0 Å². The van der Waals surface area contributed by atoms with Crippen LogP contribution >= 0.6 is 12.2 Å². The molecule has 0 saturated heterocycles. The maximum Gasteiger partial charge on any atom is 0.136 e. The fraction of sp³-hybridized carbons (Fsp3) is 0. The van der Waals surface area contributed by atoms with E-state index in [1.807, 2.05) is 42.5 Å². The number of benzene rings is 4. The molecule has 0 aliphatic heterocycles. The van der Waals surface area contributed by atoms with Gasteiger partial charge in [0, 0.05) is 16.3 Å². The first-order chi connectivity index (χ1) is 13.3. The summed E-state index contributed by atoms with van der Waals surface area (Å²) >= 11 is 5.93. The fourth-order valence-corrected chi connectivity index (χ4v) is 4.02. The maximum absolute atomic E-state index is 6.21. The van der Waals surface area contributed by atoms with Gasteiger partial charge in [0.25, 0.3) is 0 Å². The number of rotatable bonds is 2. The van der Waals surface area contributed by atoms with Crippen molar-refractivity contribution in [1.82, 2.24) is 0 Å². The fourth-order valence-electron chi connectivity index (χ4n) is 3.65. The van der Waals surface area contributed by atoms with Gasteiger partial charge in [-0.05, 0) is 34.9 Å². The highest BCUT2D eigenvalue weighted by molar-refractivity contribution is 7.72. The van der Waals surface area contributed by atoms with E-state index in [2.05, 4.69) is 54.6 Å². The topological polar surface area (TPSA) is 13.1 Å². The van der Waals surface area contributed by atoms with Gasteiger partial charge in [0.2, 0.25) is 0 Å². The normalized spacial score (nSPS) is 11.1. The minimum atomic E-state index is 0.817. The molecule has 4 aromatic carbocycles. The third kappa shape index (κ3) is 2.66. The number of hydrogen-bond acceptors (Lipinski definition) is 2. The standard InChI is InChI=1S/C25H16OS/c27-25-20-13-7-8-14-21(20)26-22-16-15-19(17-9-3-1-4-10-17)23(24(22)25)18-11-5-2-6-12-18/h1-16H. The Labute approximate surface area is 162 Å². The molecule has 1 nitrogen and oxygen atoms in total. The Kier molecular flexibility index (Phi) is 3.84. The van der Waals surface area contributed by atoms with Crippen molar-refractivity contribution in [3.8, 4) is 22.3 Å². The highest BCUT2D eigenvalue weighted by Gasteiger charge is 2.15. The molecular weight excluding hydrogens is 348 g/mol. The molecule has 5 aromatic rings. The largest absolute Gasteiger partial charge is 0.456 e. The Morgan fingerprint density at radius 1 is 0.556 bits per heavy atom. The van der Waals surface area contributed by atoms with Crippen LogP contribution in [0.5, 0.6) is 0 Å². The zero-order valence-electron chi connectivity index (χ0n) is 14.6. The van der Waals surface area contributed by atoms with Gasteiger partial charge in [-0.3, -0.25) is 0 Å². The molecule has 27 heavy (non-hydrogen) atoms. The summed E-state index contributed by atoms with van der Waals surface area (Å²) < 4.78 is 7.05. The van der Waals surface area contributed by atoms with Crippen molar-refractivity contribution in [2.75, 3.05) is 0 Å². The SMILES string of the molecule is S=c1c2ccccc2oc2ccc(-c3ccccc3)c(-c3ccccc3)c12. The third-order valence-electron chi connectivity index (χ3n) is 4.89. The van der Waals surface area contributed by atoms with Crippen molar-refractivity contribution in [3.63, 3.8) is 0 Å². The summed E-state index contributed by atoms with van der Waals surface area (Å²) in [6.45, 7) is 0. The van der Waals surface area contributed by atoms with E-state index < -0.39 is 0 Å². The van der Waals surface area contributed by atoms with Crippen molar-refractivity contribution < 1.29 is 4.42 Å². The lowest BCUT2D eigenvalue weighted by Crippen LogP contribution is -1.89. The highest BCUT2D eigenvalue weighted by Crippen LogP contribution is 2.40. The lowest BCUT2D eigenvalue weighted by Gasteiger charge is -2.14. The second-order valence-corrected chi connectivity index (χ2v) is 6.93. The van der Waals surface area contributed by atoms with Crippen LogP contribution in [0.3, 0.4) is 0 Å². The first-order valence-electron chi connectivity index (χ1n) is 8.92. The van der Waals surface area contributed by atoms with E-state index in [9.17, 15) is 0 Å². The Balaban J connectivity index is 1.99. The summed E-state index contributed by atoms with van der Waals surface area (Å²) in [7, 11) is 0. The second-order valence-electron chi connectivity index (χ2n) is 6.52. The molecule has 0 saturated carbocycles. The van der Waals surface area contributed by atoms with Crippen molar-refractivity contribution in [2.45, 2.75) is 0 Å². The molecule has 0 N–H and O–H groups in total. The van der Waals surface area contributed by atoms with Gasteiger partial charge in [0.05, 0.1) is 4.51 Å². The molecule has 5 rings (SSSR count). The van der Waals surface area contributed by atoms with E-state index in [1.165, 1.54) is 5.56 Å². The summed E-state index contributed by atoms with van der Waals surface area (Å²) in [5.41, 5.74) is 6.22. The first-order valence-corrected chi connectivity index (χ1v) is 9.33. The molecule has 0 amide bonds. The molecule has 2 heteroatoms. The Bertz CT molecular complexity index is 1320. The molecule has 0 aliphatic carbocycles. The lowest BCUT2D eigenvalue weighted by molar-refractivity contribution is 0.660. The molecule has 1 heterocycles. The summed E-state index contributed by atoms with van der Waals surface area (Å²) in [6.07, 6.45) is 0. The van der Waals surface area contributed by atoms with Gasteiger partial charge < -0.3 is 4.42 Å². The molecular formula is C25H16OS. The smallest absolute Gasteiger partial charge is 0.136 e. The van der Waals surface area contributed by atoms with Gasteiger partial charge in [-0.15, -0.1) is 0 Å². The van der Waals surface area contributed by atoms with Crippen LogP contribution in [0.4, 0.5) is 0 Å². The monoisotopic (exact) mass is 364 g/mol. The van der Waals surface area contributed by atoms with Crippen LogP contribution in [-0.2, 0) is 0 Å². The Hall–Kier alpha value is -3.23. The minimum absolute atomic E-state index is 0.817. The molecule has 0 bridgehead atoms. The molecule has 0 atom stereocenters. The van der Waals surface area contributed by atoms with Crippen molar-refractivity contribution in [1.29, 1.82) is 0 Å². The number of para-hydroxylation sites is 1. The number of hydrogen-bond donors (Lipinski definition) is 0. The second kappa shape index (κ2) is 6.49. The van der Waals surface area contributed by atoms with Crippen molar-refractivity contribution in [2.24, 2.45) is 0 Å². The molecule has 0 unspecified atom stereocenters. The predicted octanol–water partition coefficient (Wildman–Crippen LogP) is 7.65. The van der Waals surface area contributed by atoms with Crippen LogP contribution in [0.15, 0.2) is 101 Å². The van der Waals surface area contributed by atoms with Crippen LogP contribution in [0.2, 0.25) is 0 Å². The average molecular weight is 364 g/mol. The van der Waals surface area contributed by atoms with E-state index in [4.69, 9.17) is 16.6 Å². The quantitative estimate of drug-likeness (QED) is 0.236. The molecule has 0 radical (unpaired) electrons. The van der Waals surface area contributed by atoms with Gasteiger partial charge in [-0.25, -0.2) is 0 Å². The summed E-state index contributed by atoms with van der Waals surface area (Å²) in [5, 5.41) is 1.97. The zero-order chi connectivity index (χ0) is 18.2. The maximum atomic E-state index is 6.21. The zero-order valence-corrected chi connectivity index (χ0v) is 15.4. The lowest BCUT2D eigenvalue weighted by atomic mass is 9.91. The molecule has 0 fully saturated rings. The number of fused-ring (bicyclic) bond motifs is 2. The Morgan fingerprint density at radius 3 is 1.93 bits per heavy atom. The van der Waals surface area contributed by atoms with E-state index in [0.717, 1.165) is 43.1 Å². The van der Waals surface area contributed by atoms with Gasteiger partial charge in [0.1, 0.15) is 11.2 Å². The van der Waals surface area contributed by atoms with Crippen molar-refractivity contribution >= 4 is 34.2 Å². The van der Waals surface area contributed by atoms with Crippen LogP contribution in [0.1, 0.15) is 0 Å². The Morgan fingerprint density at radius 2 is 1.19 bits per heavy atom. The van der Waals surface area contributed by atoms with Crippen LogP contribution in [0, 0.1) is 4.51 Å². The van der Waals surface area contributed by atoms with Gasteiger partial charge in [0.15, 0.2) is 0 Å². The van der Waals surface area contributed by atoms with E-state index in [0.29, 0.717) is 0 Å². The third-order valence-corrected chi connectivity index (χ3v) is 5.32. The molecule has 0 aliphatic rings.